The topological polar surface area (TPSA) is 35.5 Å². The molecule has 94 valence electrons. The molecular formula is C14H20O3. The van der Waals surface area contributed by atoms with Crippen LogP contribution in [0.5, 0.6) is 5.75 Å². The van der Waals surface area contributed by atoms with Crippen molar-refractivity contribution in [1.29, 1.82) is 0 Å². The molecule has 0 aromatic heterocycles. The van der Waals surface area contributed by atoms with Gasteiger partial charge in [0.05, 0.1) is 11.5 Å². The second-order valence-corrected chi connectivity index (χ2v) is 5.09. The van der Waals surface area contributed by atoms with Gasteiger partial charge in [0.2, 0.25) is 0 Å². The summed E-state index contributed by atoms with van der Waals surface area (Å²) in [6, 6.07) is 7.41. The van der Waals surface area contributed by atoms with E-state index in [1.807, 2.05) is 45.9 Å². The van der Waals surface area contributed by atoms with Crippen LogP contribution in [0, 0.1) is 5.41 Å². The molecule has 1 aromatic rings. The quantitative estimate of drug-likeness (QED) is 0.596. The van der Waals surface area contributed by atoms with Crippen molar-refractivity contribution in [3.05, 3.63) is 29.8 Å². The average Bonchev–Trinajstić information content (AvgIpc) is 2.27. The Bertz CT molecular complexity index is 391. The van der Waals surface area contributed by atoms with Crippen LogP contribution in [-0.4, -0.2) is 13.1 Å². The number of esters is 1. The smallest absolute Gasteiger partial charge is 0.316 e. The Hall–Kier alpha value is -1.35. The summed E-state index contributed by atoms with van der Waals surface area (Å²) in [4.78, 5) is 11.7. The van der Waals surface area contributed by atoms with Crippen LogP contribution in [0.1, 0.15) is 39.4 Å². The molecule has 0 spiro atoms. The van der Waals surface area contributed by atoms with Crippen molar-refractivity contribution in [3.63, 3.8) is 0 Å². The van der Waals surface area contributed by atoms with Gasteiger partial charge in [0.15, 0.2) is 0 Å². The first kappa shape index (κ1) is 13.7. The highest BCUT2D eigenvalue weighted by molar-refractivity contribution is 5.77. The third-order valence-corrected chi connectivity index (χ3v) is 2.50. The zero-order chi connectivity index (χ0) is 13.1. The van der Waals surface area contributed by atoms with Crippen LogP contribution in [0.15, 0.2) is 24.3 Å². The summed E-state index contributed by atoms with van der Waals surface area (Å²) in [5.41, 5.74) is 0.495. The summed E-state index contributed by atoms with van der Waals surface area (Å²) < 4.78 is 10.5. The standard InChI is InChI=1S/C14H20O3/c1-10(16-5)11-7-6-8-12(9-11)17-13(15)14(2,3)4/h6-10H,1-5H3. The van der Waals surface area contributed by atoms with Crippen molar-refractivity contribution in [3.8, 4) is 5.75 Å². The van der Waals surface area contributed by atoms with Crippen LogP contribution in [0.4, 0.5) is 0 Å². The Morgan fingerprint density at radius 1 is 1.29 bits per heavy atom. The van der Waals surface area contributed by atoms with Crippen molar-refractivity contribution in [2.45, 2.75) is 33.8 Å². The van der Waals surface area contributed by atoms with Crippen molar-refractivity contribution in [2.24, 2.45) is 5.41 Å². The summed E-state index contributed by atoms with van der Waals surface area (Å²) in [5, 5.41) is 0. The fourth-order valence-electron chi connectivity index (χ4n) is 1.23. The molecule has 0 aliphatic carbocycles. The highest BCUT2D eigenvalue weighted by Gasteiger charge is 2.23. The van der Waals surface area contributed by atoms with Crippen LogP contribution in [0.25, 0.3) is 0 Å². The number of carbonyl (C=O) groups excluding carboxylic acids is 1. The minimum absolute atomic E-state index is 0.0108. The van der Waals surface area contributed by atoms with E-state index in [4.69, 9.17) is 9.47 Å². The second-order valence-electron chi connectivity index (χ2n) is 5.09. The second kappa shape index (κ2) is 5.32. The van der Waals surface area contributed by atoms with E-state index in [2.05, 4.69) is 0 Å². The molecule has 1 unspecified atom stereocenters. The number of rotatable bonds is 3. The number of ether oxygens (including phenoxy) is 2. The summed E-state index contributed by atoms with van der Waals surface area (Å²) in [6.07, 6.45) is -0.0108. The Morgan fingerprint density at radius 2 is 1.94 bits per heavy atom. The van der Waals surface area contributed by atoms with Gasteiger partial charge < -0.3 is 9.47 Å². The maximum atomic E-state index is 11.7. The fraction of sp³-hybridized carbons (Fsp3) is 0.500. The molecule has 1 aromatic carbocycles. The van der Waals surface area contributed by atoms with Gasteiger partial charge in [-0.25, -0.2) is 0 Å². The van der Waals surface area contributed by atoms with Crippen molar-refractivity contribution in [2.75, 3.05) is 7.11 Å². The Morgan fingerprint density at radius 3 is 2.47 bits per heavy atom. The van der Waals surface area contributed by atoms with Crippen LogP contribution >= 0.6 is 0 Å². The lowest BCUT2D eigenvalue weighted by Crippen LogP contribution is -2.25. The Kier molecular flexibility index (Phi) is 4.29. The minimum Gasteiger partial charge on any atom is -0.426 e. The fourth-order valence-corrected chi connectivity index (χ4v) is 1.23. The zero-order valence-electron chi connectivity index (χ0n) is 11.1. The molecule has 1 rings (SSSR count). The van der Waals surface area contributed by atoms with Crippen LogP contribution in [0.3, 0.4) is 0 Å². The SMILES string of the molecule is COC(C)c1cccc(OC(=O)C(C)(C)C)c1. The van der Waals surface area contributed by atoms with E-state index in [1.165, 1.54) is 0 Å². The Balaban J connectivity index is 2.83. The van der Waals surface area contributed by atoms with Crippen molar-refractivity contribution in [1.82, 2.24) is 0 Å². The highest BCUT2D eigenvalue weighted by atomic mass is 16.5. The summed E-state index contributed by atoms with van der Waals surface area (Å²) >= 11 is 0. The number of benzene rings is 1. The molecule has 1 atom stereocenters. The third kappa shape index (κ3) is 3.86. The molecular weight excluding hydrogens is 216 g/mol. The van der Waals surface area contributed by atoms with Gasteiger partial charge in [-0.15, -0.1) is 0 Å². The average molecular weight is 236 g/mol. The van der Waals surface area contributed by atoms with E-state index < -0.39 is 5.41 Å². The molecule has 0 fully saturated rings. The number of methoxy groups -OCH3 is 1. The van der Waals surface area contributed by atoms with E-state index >= 15 is 0 Å². The summed E-state index contributed by atoms with van der Waals surface area (Å²) in [7, 11) is 1.65. The number of carbonyl (C=O) groups is 1. The molecule has 3 nitrogen and oxygen atoms in total. The van der Waals surface area contributed by atoms with E-state index in [-0.39, 0.29) is 12.1 Å². The maximum Gasteiger partial charge on any atom is 0.316 e. The molecule has 0 saturated heterocycles. The number of hydrogen-bond donors (Lipinski definition) is 0. The molecule has 0 aliphatic heterocycles. The molecule has 17 heavy (non-hydrogen) atoms. The molecule has 0 aliphatic rings. The van der Waals surface area contributed by atoms with Gasteiger partial charge in [0.1, 0.15) is 5.75 Å². The zero-order valence-corrected chi connectivity index (χ0v) is 11.1. The normalized spacial score (nSPS) is 13.2. The van der Waals surface area contributed by atoms with Gasteiger partial charge in [-0.05, 0) is 45.4 Å². The summed E-state index contributed by atoms with van der Waals surface area (Å²) in [6.45, 7) is 7.44. The third-order valence-electron chi connectivity index (χ3n) is 2.50. The highest BCUT2D eigenvalue weighted by Crippen LogP contribution is 2.23. The molecule has 0 N–H and O–H groups in total. The van der Waals surface area contributed by atoms with Crippen molar-refractivity contribution < 1.29 is 14.3 Å². The Labute approximate surface area is 103 Å². The van der Waals surface area contributed by atoms with Crippen LogP contribution in [-0.2, 0) is 9.53 Å². The predicted molar refractivity (Wildman–Crippen MR) is 67.0 cm³/mol. The van der Waals surface area contributed by atoms with E-state index in [1.54, 1.807) is 13.2 Å². The lowest BCUT2D eigenvalue weighted by molar-refractivity contribution is -0.143. The van der Waals surface area contributed by atoms with E-state index in [0.717, 1.165) is 5.56 Å². The van der Waals surface area contributed by atoms with Crippen LogP contribution < -0.4 is 4.74 Å². The van der Waals surface area contributed by atoms with Gasteiger partial charge >= 0.3 is 5.97 Å². The van der Waals surface area contributed by atoms with E-state index in [9.17, 15) is 4.79 Å². The molecule has 0 saturated carbocycles. The van der Waals surface area contributed by atoms with Crippen LogP contribution in [0.2, 0.25) is 0 Å². The van der Waals surface area contributed by atoms with E-state index in [0.29, 0.717) is 5.75 Å². The molecule has 0 bridgehead atoms. The summed E-state index contributed by atoms with van der Waals surface area (Å²) in [5.74, 6) is 0.325. The maximum absolute atomic E-state index is 11.7. The molecule has 0 amide bonds. The molecule has 3 heteroatoms. The first-order chi connectivity index (χ1) is 7.84. The lowest BCUT2D eigenvalue weighted by Gasteiger charge is -2.17. The largest absolute Gasteiger partial charge is 0.426 e. The molecule has 0 heterocycles. The molecule has 0 radical (unpaired) electrons. The monoisotopic (exact) mass is 236 g/mol. The van der Waals surface area contributed by atoms with Gasteiger partial charge in [0.25, 0.3) is 0 Å². The first-order valence-corrected chi connectivity index (χ1v) is 5.69. The first-order valence-electron chi connectivity index (χ1n) is 5.69. The number of hydrogen-bond acceptors (Lipinski definition) is 3. The van der Waals surface area contributed by atoms with Gasteiger partial charge in [-0.1, -0.05) is 12.1 Å². The van der Waals surface area contributed by atoms with Gasteiger partial charge in [-0.2, -0.15) is 0 Å². The lowest BCUT2D eigenvalue weighted by atomic mass is 9.97. The van der Waals surface area contributed by atoms with Crippen molar-refractivity contribution >= 4 is 5.97 Å². The minimum atomic E-state index is -0.497. The van der Waals surface area contributed by atoms with Gasteiger partial charge in [0, 0.05) is 7.11 Å². The van der Waals surface area contributed by atoms with Gasteiger partial charge in [-0.3, -0.25) is 4.79 Å². The predicted octanol–water partition coefficient (Wildman–Crippen LogP) is 3.35.